The van der Waals surface area contributed by atoms with E-state index in [1.807, 2.05) is 11.8 Å². The number of morpholine rings is 1. The molecule has 2 aromatic rings. The van der Waals surface area contributed by atoms with Crippen LogP contribution in [0.25, 0.3) is 0 Å². The second kappa shape index (κ2) is 7.38. The highest BCUT2D eigenvalue weighted by Gasteiger charge is 2.47. The molecule has 0 unspecified atom stereocenters. The van der Waals surface area contributed by atoms with Crippen molar-refractivity contribution in [2.75, 3.05) is 19.7 Å². The van der Waals surface area contributed by atoms with Gasteiger partial charge in [0.15, 0.2) is 0 Å². The Morgan fingerprint density at radius 2 is 2.12 bits per heavy atom. The zero-order valence-electron chi connectivity index (χ0n) is 15.3. The van der Waals surface area contributed by atoms with Crippen LogP contribution in [-0.2, 0) is 22.6 Å². The first-order valence-corrected chi connectivity index (χ1v) is 11.0. The summed E-state index contributed by atoms with van der Waals surface area (Å²) in [5, 5.41) is 7.46. The van der Waals surface area contributed by atoms with Crippen LogP contribution in [0.5, 0.6) is 0 Å². The minimum atomic E-state index is -0.218. The molecule has 0 aliphatic carbocycles. The molecule has 26 heavy (non-hydrogen) atoms. The first-order valence-electron chi connectivity index (χ1n) is 9.14. The Hall–Kier alpha value is -1.28. The number of thiazole rings is 1. The van der Waals surface area contributed by atoms with Crippen LogP contribution in [0.1, 0.15) is 36.0 Å². The van der Waals surface area contributed by atoms with Gasteiger partial charge in [0.1, 0.15) is 6.61 Å². The molecule has 0 bridgehead atoms. The fourth-order valence-electron chi connectivity index (χ4n) is 4.08. The van der Waals surface area contributed by atoms with E-state index in [0.29, 0.717) is 6.54 Å². The quantitative estimate of drug-likeness (QED) is 0.802. The third kappa shape index (κ3) is 3.58. The fraction of sp³-hybridized carbons (Fsp3) is 0.579. The SMILES string of the molecule is Cc1nc(CN2C(=O)COC3(CCN(Cc4ccsc4)CC3)[C@@H]2C)cs1. The highest BCUT2D eigenvalue weighted by molar-refractivity contribution is 7.09. The molecular weight excluding hydrogens is 366 g/mol. The summed E-state index contributed by atoms with van der Waals surface area (Å²) in [4.78, 5) is 21.5. The van der Waals surface area contributed by atoms with E-state index in [1.165, 1.54) is 5.56 Å². The van der Waals surface area contributed by atoms with Gasteiger partial charge in [0, 0.05) is 25.0 Å². The van der Waals surface area contributed by atoms with Gasteiger partial charge in [-0.3, -0.25) is 9.69 Å². The van der Waals surface area contributed by atoms with Gasteiger partial charge in [-0.15, -0.1) is 11.3 Å². The number of piperidine rings is 1. The maximum atomic E-state index is 12.5. The average molecular weight is 392 g/mol. The molecule has 4 heterocycles. The van der Waals surface area contributed by atoms with Gasteiger partial charge in [0.25, 0.3) is 0 Å². The van der Waals surface area contributed by atoms with Crippen molar-refractivity contribution in [3.63, 3.8) is 0 Å². The van der Waals surface area contributed by atoms with Gasteiger partial charge in [-0.05, 0) is 49.1 Å². The highest BCUT2D eigenvalue weighted by atomic mass is 32.1. The molecule has 1 amide bonds. The van der Waals surface area contributed by atoms with Gasteiger partial charge >= 0.3 is 0 Å². The topological polar surface area (TPSA) is 45.7 Å². The van der Waals surface area contributed by atoms with Crippen LogP contribution in [0.3, 0.4) is 0 Å². The van der Waals surface area contributed by atoms with Crippen LogP contribution in [0.2, 0.25) is 0 Å². The summed E-state index contributed by atoms with van der Waals surface area (Å²) in [5.74, 6) is 0.0782. The minimum Gasteiger partial charge on any atom is -0.363 e. The zero-order valence-corrected chi connectivity index (χ0v) is 16.9. The first-order chi connectivity index (χ1) is 12.6. The molecule has 2 fully saturated rings. The first kappa shape index (κ1) is 18.1. The van der Waals surface area contributed by atoms with Crippen molar-refractivity contribution in [1.82, 2.24) is 14.8 Å². The zero-order chi connectivity index (χ0) is 18.1. The number of hydrogen-bond donors (Lipinski definition) is 0. The van der Waals surface area contributed by atoms with Crippen LogP contribution >= 0.6 is 22.7 Å². The normalized spacial score (nSPS) is 23.7. The van der Waals surface area contributed by atoms with Crippen molar-refractivity contribution in [2.24, 2.45) is 0 Å². The van der Waals surface area contributed by atoms with E-state index in [1.54, 1.807) is 22.7 Å². The van der Waals surface area contributed by atoms with Crippen molar-refractivity contribution in [3.05, 3.63) is 38.5 Å². The van der Waals surface area contributed by atoms with E-state index >= 15 is 0 Å². The summed E-state index contributed by atoms with van der Waals surface area (Å²) in [7, 11) is 0. The highest BCUT2D eigenvalue weighted by Crippen LogP contribution is 2.36. The molecule has 140 valence electrons. The molecular formula is C19H25N3O2S2. The predicted octanol–water partition coefficient (Wildman–Crippen LogP) is 3.30. The van der Waals surface area contributed by atoms with Crippen LogP contribution in [0.15, 0.2) is 22.2 Å². The van der Waals surface area contributed by atoms with Crippen LogP contribution in [0.4, 0.5) is 0 Å². The van der Waals surface area contributed by atoms with E-state index in [0.717, 1.165) is 43.2 Å². The Kier molecular flexibility index (Phi) is 5.14. The second-order valence-electron chi connectivity index (χ2n) is 7.32. The van der Waals surface area contributed by atoms with Crippen molar-refractivity contribution in [1.29, 1.82) is 0 Å². The summed E-state index contributed by atoms with van der Waals surface area (Å²) in [6, 6.07) is 2.28. The standard InChI is InChI=1S/C19H25N3O2S2/c1-14-19(4-6-21(7-5-19)9-16-3-8-25-12-16)24-11-18(23)22(14)10-17-13-26-15(2)20-17/h3,8,12-14H,4-7,9-11H2,1-2H3/t14-/m0/s1. The van der Waals surface area contributed by atoms with Gasteiger partial charge in [-0.1, -0.05) is 0 Å². The number of aryl methyl sites for hydroxylation is 1. The Morgan fingerprint density at radius 3 is 2.77 bits per heavy atom. The molecule has 5 nitrogen and oxygen atoms in total. The molecule has 2 aromatic heterocycles. The summed E-state index contributed by atoms with van der Waals surface area (Å²) in [6.45, 7) is 7.96. The van der Waals surface area contributed by atoms with Crippen LogP contribution in [0, 0.1) is 6.92 Å². The number of hydrogen-bond acceptors (Lipinski definition) is 6. The molecule has 2 aliphatic rings. The lowest BCUT2D eigenvalue weighted by Crippen LogP contribution is -2.63. The number of aromatic nitrogens is 1. The lowest BCUT2D eigenvalue weighted by Gasteiger charge is -2.51. The van der Waals surface area contributed by atoms with Crippen molar-refractivity contribution >= 4 is 28.6 Å². The maximum absolute atomic E-state index is 12.5. The van der Waals surface area contributed by atoms with E-state index in [2.05, 4.69) is 39.0 Å². The largest absolute Gasteiger partial charge is 0.363 e. The number of likely N-dealkylation sites (tertiary alicyclic amines) is 1. The van der Waals surface area contributed by atoms with E-state index < -0.39 is 0 Å². The van der Waals surface area contributed by atoms with Crippen molar-refractivity contribution in [3.8, 4) is 0 Å². The van der Waals surface area contributed by atoms with E-state index in [4.69, 9.17) is 4.74 Å². The Morgan fingerprint density at radius 1 is 1.31 bits per heavy atom. The van der Waals surface area contributed by atoms with Crippen LogP contribution < -0.4 is 0 Å². The molecule has 0 saturated carbocycles. The number of carbonyl (C=O) groups excluding carboxylic acids is 1. The van der Waals surface area contributed by atoms with Crippen LogP contribution in [-0.4, -0.2) is 52.0 Å². The Balaban J connectivity index is 1.42. The summed E-state index contributed by atoms with van der Waals surface area (Å²) in [6.07, 6.45) is 1.94. The summed E-state index contributed by atoms with van der Waals surface area (Å²) < 4.78 is 6.15. The Labute approximate surface area is 162 Å². The molecule has 0 radical (unpaired) electrons. The number of amides is 1. The predicted molar refractivity (Wildman–Crippen MR) is 104 cm³/mol. The lowest BCUT2D eigenvalue weighted by atomic mass is 9.82. The van der Waals surface area contributed by atoms with E-state index in [-0.39, 0.29) is 24.2 Å². The summed E-state index contributed by atoms with van der Waals surface area (Å²) >= 11 is 3.39. The number of nitrogens with zero attached hydrogens (tertiary/aromatic N) is 3. The monoisotopic (exact) mass is 391 g/mol. The minimum absolute atomic E-state index is 0.0778. The number of ether oxygens (including phenoxy) is 1. The molecule has 2 aliphatic heterocycles. The van der Waals surface area contributed by atoms with Gasteiger partial charge in [0.05, 0.1) is 28.9 Å². The number of rotatable bonds is 4. The van der Waals surface area contributed by atoms with Gasteiger partial charge in [0.2, 0.25) is 5.91 Å². The molecule has 0 N–H and O–H groups in total. The number of thiophene rings is 1. The molecule has 1 atom stereocenters. The Bertz CT molecular complexity index is 751. The summed E-state index contributed by atoms with van der Waals surface area (Å²) in [5.41, 5.74) is 2.16. The smallest absolute Gasteiger partial charge is 0.249 e. The lowest BCUT2D eigenvalue weighted by molar-refractivity contribution is -0.188. The van der Waals surface area contributed by atoms with Crippen molar-refractivity contribution in [2.45, 2.75) is 51.4 Å². The molecule has 0 aromatic carbocycles. The average Bonchev–Trinajstić information content (AvgIpc) is 3.29. The molecule has 4 rings (SSSR count). The third-order valence-electron chi connectivity index (χ3n) is 5.72. The maximum Gasteiger partial charge on any atom is 0.249 e. The second-order valence-corrected chi connectivity index (χ2v) is 9.16. The molecule has 7 heteroatoms. The molecule has 2 saturated heterocycles. The van der Waals surface area contributed by atoms with E-state index in [9.17, 15) is 4.79 Å². The molecule has 1 spiro atoms. The van der Waals surface area contributed by atoms with Gasteiger partial charge < -0.3 is 9.64 Å². The fourth-order valence-corrected chi connectivity index (χ4v) is 5.35. The van der Waals surface area contributed by atoms with Gasteiger partial charge in [-0.25, -0.2) is 4.98 Å². The van der Waals surface area contributed by atoms with Crippen molar-refractivity contribution < 1.29 is 9.53 Å². The third-order valence-corrected chi connectivity index (χ3v) is 7.27. The number of carbonyl (C=O) groups is 1. The van der Waals surface area contributed by atoms with Gasteiger partial charge in [-0.2, -0.15) is 11.3 Å².